The van der Waals surface area contributed by atoms with Gasteiger partial charge in [0, 0.05) is 0 Å². The number of nitrogens with zero attached hydrogens (tertiary/aromatic N) is 2. The largest absolute Gasteiger partial charge is 0.468 e. The lowest BCUT2D eigenvalue weighted by molar-refractivity contribution is -0.139. The average Bonchev–Trinajstić information content (AvgIpc) is 2.67. The van der Waals surface area contributed by atoms with Gasteiger partial charge in [0.15, 0.2) is 5.16 Å². The fourth-order valence-electron chi connectivity index (χ4n) is 2.80. The van der Waals surface area contributed by atoms with E-state index in [4.69, 9.17) is 4.74 Å². The Morgan fingerprint density at radius 1 is 1.07 bits per heavy atom. The van der Waals surface area contributed by atoms with Gasteiger partial charge in [0.2, 0.25) is 0 Å². The standard InChI is InChI=1S/C21H22N2O3S/c1-13(2)15-9-11-16(12-10-15)23-19(24)17-7-5-6-8-18(17)22-21(23)27-14(3)20(25)26-4/h5-14H,1-4H3. The van der Waals surface area contributed by atoms with Crippen LogP contribution in [0.3, 0.4) is 0 Å². The van der Waals surface area contributed by atoms with Crippen LogP contribution in [0.25, 0.3) is 16.6 Å². The molecule has 0 radical (unpaired) electrons. The Hall–Kier alpha value is -2.60. The van der Waals surface area contributed by atoms with Crippen molar-refractivity contribution < 1.29 is 9.53 Å². The molecule has 0 fully saturated rings. The average molecular weight is 382 g/mol. The first-order valence-corrected chi connectivity index (χ1v) is 9.67. The summed E-state index contributed by atoms with van der Waals surface area (Å²) in [6.45, 7) is 5.99. The molecule has 5 nitrogen and oxygen atoms in total. The molecular weight excluding hydrogens is 360 g/mol. The molecule has 0 aliphatic carbocycles. The van der Waals surface area contributed by atoms with Crippen LogP contribution in [0.2, 0.25) is 0 Å². The highest BCUT2D eigenvalue weighted by molar-refractivity contribution is 8.00. The minimum absolute atomic E-state index is 0.155. The second-order valence-corrected chi connectivity index (χ2v) is 7.89. The third kappa shape index (κ3) is 3.90. The predicted octanol–water partition coefficient (Wildman–Crippen LogP) is 4.16. The summed E-state index contributed by atoms with van der Waals surface area (Å²) in [4.78, 5) is 29.7. The number of fused-ring (bicyclic) bond motifs is 1. The molecule has 0 bridgehead atoms. The molecule has 1 heterocycles. The van der Waals surface area contributed by atoms with E-state index in [1.165, 1.54) is 24.4 Å². The summed E-state index contributed by atoms with van der Waals surface area (Å²) in [5.41, 5.74) is 2.37. The Morgan fingerprint density at radius 3 is 2.37 bits per heavy atom. The normalized spacial score (nSPS) is 12.3. The number of thioether (sulfide) groups is 1. The van der Waals surface area contributed by atoms with Crippen LogP contribution in [-0.2, 0) is 9.53 Å². The number of ether oxygens (including phenoxy) is 1. The number of rotatable bonds is 5. The molecular formula is C21H22N2O3S. The highest BCUT2D eigenvalue weighted by Crippen LogP contribution is 2.26. The predicted molar refractivity (Wildman–Crippen MR) is 109 cm³/mol. The molecule has 6 heteroatoms. The van der Waals surface area contributed by atoms with Crippen LogP contribution < -0.4 is 5.56 Å². The zero-order chi connectivity index (χ0) is 19.6. The van der Waals surface area contributed by atoms with Crippen molar-refractivity contribution in [2.75, 3.05) is 7.11 Å². The van der Waals surface area contributed by atoms with E-state index < -0.39 is 5.25 Å². The molecule has 0 aliphatic rings. The van der Waals surface area contributed by atoms with Gasteiger partial charge in [-0.15, -0.1) is 0 Å². The Balaban J connectivity index is 2.18. The first-order chi connectivity index (χ1) is 12.9. The topological polar surface area (TPSA) is 61.2 Å². The first-order valence-electron chi connectivity index (χ1n) is 8.79. The SMILES string of the molecule is COC(=O)C(C)Sc1nc2ccccc2c(=O)n1-c1ccc(C(C)C)cc1. The number of para-hydroxylation sites is 1. The van der Waals surface area contributed by atoms with Crippen molar-refractivity contribution in [2.45, 2.75) is 37.1 Å². The summed E-state index contributed by atoms with van der Waals surface area (Å²) in [6, 6.07) is 15.1. The third-order valence-corrected chi connectivity index (χ3v) is 5.41. The minimum atomic E-state index is -0.482. The van der Waals surface area contributed by atoms with Gasteiger partial charge in [0.1, 0.15) is 5.25 Å². The van der Waals surface area contributed by atoms with Crippen molar-refractivity contribution in [3.63, 3.8) is 0 Å². The summed E-state index contributed by atoms with van der Waals surface area (Å²) >= 11 is 1.21. The quantitative estimate of drug-likeness (QED) is 0.377. The van der Waals surface area contributed by atoms with Crippen molar-refractivity contribution in [2.24, 2.45) is 0 Å². The summed E-state index contributed by atoms with van der Waals surface area (Å²) in [5, 5.41) is 0.527. The molecule has 1 atom stereocenters. The lowest BCUT2D eigenvalue weighted by Crippen LogP contribution is -2.24. The third-order valence-electron chi connectivity index (χ3n) is 4.38. The van der Waals surface area contributed by atoms with E-state index >= 15 is 0 Å². The summed E-state index contributed by atoms with van der Waals surface area (Å²) in [6.07, 6.45) is 0. The zero-order valence-corrected chi connectivity index (χ0v) is 16.6. The maximum atomic E-state index is 13.2. The fraction of sp³-hybridized carbons (Fsp3) is 0.286. The van der Waals surface area contributed by atoms with E-state index in [9.17, 15) is 9.59 Å². The number of methoxy groups -OCH3 is 1. The molecule has 3 aromatic rings. The van der Waals surface area contributed by atoms with Gasteiger partial charge < -0.3 is 4.74 Å². The van der Waals surface area contributed by atoms with Gasteiger partial charge in [-0.25, -0.2) is 4.98 Å². The molecule has 0 saturated heterocycles. The number of benzene rings is 2. The van der Waals surface area contributed by atoms with E-state index in [-0.39, 0.29) is 11.5 Å². The van der Waals surface area contributed by atoms with Crippen molar-refractivity contribution in [3.05, 3.63) is 64.4 Å². The van der Waals surface area contributed by atoms with Crippen LogP contribution in [0.1, 0.15) is 32.3 Å². The minimum Gasteiger partial charge on any atom is -0.468 e. The van der Waals surface area contributed by atoms with Crippen LogP contribution in [0.5, 0.6) is 0 Å². The second kappa shape index (κ2) is 7.96. The number of hydrogen-bond acceptors (Lipinski definition) is 5. The van der Waals surface area contributed by atoms with Gasteiger partial charge in [-0.1, -0.05) is 49.9 Å². The van der Waals surface area contributed by atoms with Crippen LogP contribution in [0, 0.1) is 0 Å². The second-order valence-electron chi connectivity index (χ2n) is 6.58. The number of carbonyl (C=O) groups is 1. The number of esters is 1. The molecule has 140 valence electrons. The lowest BCUT2D eigenvalue weighted by atomic mass is 10.0. The van der Waals surface area contributed by atoms with Gasteiger partial charge >= 0.3 is 5.97 Å². The first kappa shape index (κ1) is 19.2. The molecule has 0 N–H and O–H groups in total. The van der Waals surface area contributed by atoms with Crippen LogP contribution in [0.15, 0.2) is 58.5 Å². The molecule has 0 aliphatic heterocycles. The van der Waals surface area contributed by atoms with E-state index in [2.05, 4.69) is 18.8 Å². The Kier molecular flexibility index (Phi) is 5.65. The molecule has 2 aromatic carbocycles. The molecule has 1 unspecified atom stereocenters. The monoisotopic (exact) mass is 382 g/mol. The zero-order valence-electron chi connectivity index (χ0n) is 15.8. The molecule has 3 rings (SSSR count). The van der Waals surface area contributed by atoms with Crippen LogP contribution in [0.4, 0.5) is 0 Å². The molecule has 0 amide bonds. The van der Waals surface area contributed by atoms with E-state index in [0.717, 1.165) is 5.69 Å². The molecule has 0 spiro atoms. The van der Waals surface area contributed by atoms with E-state index in [0.29, 0.717) is 22.0 Å². The number of carbonyl (C=O) groups excluding carboxylic acids is 1. The van der Waals surface area contributed by atoms with Crippen molar-refractivity contribution in [3.8, 4) is 5.69 Å². The fourth-order valence-corrected chi connectivity index (χ4v) is 3.75. The number of hydrogen-bond donors (Lipinski definition) is 0. The van der Waals surface area contributed by atoms with Gasteiger partial charge in [0.25, 0.3) is 5.56 Å². The summed E-state index contributed by atoms with van der Waals surface area (Å²) in [7, 11) is 1.35. The van der Waals surface area contributed by atoms with Gasteiger partial charge in [-0.3, -0.25) is 14.2 Å². The van der Waals surface area contributed by atoms with Crippen molar-refractivity contribution >= 4 is 28.6 Å². The lowest BCUT2D eigenvalue weighted by Gasteiger charge is -2.16. The maximum Gasteiger partial charge on any atom is 0.318 e. The maximum absolute atomic E-state index is 13.2. The van der Waals surface area contributed by atoms with Gasteiger partial charge in [-0.2, -0.15) is 0 Å². The summed E-state index contributed by atoms with van der Waals surface area (Å²) < 4.78 is 6.38. The van der Waals surface area contributed by atoms with Gasteiger partial charge in [0.05, 0.1) is 23.7 Å². The molecule has 0 saturated carbocycles. The molecule has 27 heavy (non-hydrogen) atoms. The van der Waals surface area contributed by atoms with E-state index in [1.54, 1.807) is 23.6 Å². The van der Waals surface area contributed by atoms with Crippen molar-refractivity contribution in [1.82, 2.24) is 9.55 Å². The smallest absolute Gasteiger partial charge is 0.318 e. The Labute approximate surface area is 162 Å². The van der Waals surface area contributed by atoms with Crippen molar-refractivity contribution in [1.29, 1.82) is 0 Å². The molecule has 1 aromatic heterocycles. The van der Waals surface area contributed by atoms with E-state index in [1.807, 2.05) is 36.4 Å². The highest BCUT2D eigenvalue weighted by atomic mass is 32.2. The van der Waals surface area contributed by atoms with Crippen LogP contribution in [-0.4, -0.2) is 27.9 Å². The van der Waals surface area contributed by atoms with Gasteiger partial charge in [-0.05, 0) is 42.7 Å². The van der Waals surface area contributed by atoms with Crippen LogP contribution >= 0.6 is 11.8 Å². The Bertz CT molecular complexity index is 1030. The Morgan fingerprint density at radius 2 is 1.74 bits per heavy atom. The highest BCUT2D eigenvalue weighted by Gasteiger charge is 2.20. The summed E-state index contributed by atoms with van der Waals surface area (Å²) in [5.74, 6) is 0.0443. The number of aromatic nitrogens is 2.